The second-order valence-corrected chi connectivity index (χ2v) is 5.46. The van der Waals surface area contributed by atoms with Crippen LogP contribution in [0.3, 0.4) is 0 Å². The van der Waals surface area contributed by atoms with E-state index in [1.54, 1.807) is 4.90 Å². The number of likely N-dealkylation sites (tertiary alicyclic amines) is 1. The van der Waals surface area contributed by atoms with Crippen LogP contribution >= 0.6 is 0 Å². The minimum Gasteiger partial charge on any atom is -0.307 e. The summed E-state index contributed by atoms with van der Waals surface area (Å²) in [5, 5.41) is 2.95. The van der Waals surface area contributed by atoms with Crippen LogP contribution in [-0.4, -0.2) is 41.5 Å². The Morgan fingerprint density at radius 3 is 3.00 bits per heavy atom. The maximum absolute atomic E-state index is 12.3. The van der Waals surface area contributed by atoms with Crippen LogP contribution in [0, 0.1) is 0 Å². The van der Waals surface area contributed by atoms with Crippen LogP contribution in [-0.2, 0) is 0 Å². The molecule has 0 radical (unpaired) electrons. The highest BCUT2D eigenvalue weighted by molar-refractivity contribution is 6.02. The van der Waals surface area contributed by atoms with Crippen LogP contribution < -0.4 is 5.32 Å². The SMILES string of the molecule is C=C1c2ccccc2NC(=O)N1C[C@@H]1CCCN1CC. The van der Waals surface area contributed by atoms with Crippen molar-refractivity contribution in [1.82, 2.24) is 9.80 Å². The van der Waals surface area contributed by atoms with E-state index >= 15 is 0 Å². The van der Waals surface area contributed by atoms with Gasteiger partial charge in [0.25, 0.3) is 0 Å². The second-order valence-electron chi connectivity index (χ2n) is 5.46. The van der Waals surface area contributed by atoms with Crippen LogP contribution in [0.15, 0.2) is 30.8 Å². The summed E-state index contributed by atoms with van der Waals surface area (Å²) in [6.07, 6.45) is 2.38. The van der Waals surface area contributed by atoms with Gasteiger partial charge in [0.15, 0.2) is 0 Å². The highest BCUT2D eigenvalue weighted by Gasteiger charge is 2.31. The van der Waals surface area contributed by atoms with Crippen molar-refractivity contribution in [2.45, 2.75) is 25.8 Å². The molecule has 0 aliphatic carbocycles. The summed E-state index contributed by atoms with van der Waals surface area (Å²) in [5.74, 6) is 0. The number of carbonyl (C=O) groups is 1. The van der Waals surface area contributed by atoms with E-state index in [0.29, 0.717) is 6.04 Å². The standard InChI is InChI=1S/C16H21N3O/c1-3-18-10-6-7-13(18)11-19-12(2)14-8-4-5-9-15(14)17-16(19)20/h4-5,8-9,13H,2-3,6-7,10-11H2,1H3,(H,17,20)/t13-/m0/s1. The van der Waals surface area contributed by atoms with Gasteiger partial charge in [0.1, 0.15) is 0 Å². The van der Waals surface area contributed by atoms with Gasteiger partial charge in [0.2, 0.25) is 0 Å². The fourth-order valence-corrected chi connectivity index (χ4v) is 3.22. The summed E-state index contributed by atoms with van der Waals surface area (Å²) in [6, 6.07) is 8.23. The van der Waals surface area contributed by atoms with Crippen molar-refractivity contribution < 1.29 is 4.79 Å². The molecule has 2 aliphatic rings. The van der Waals surface area contributed by atoms with Gasteiger partial charge in [0.05, 0.1) is 5.69 Å². The normalized spacial score (nSPS) is 22.9. The Bertz CT molecular complexity index is 540. The Hall–Kier alpha value is -1.81. The predicted octanol–water partition coefficient (Wildman–Crippen LogP) is 2.99. The average Bonchev–Trinajstić information content (AvgIpc) is 2.90. The molecule has 3 rings (SSSR count). The van der Waals surface area contributed by atoms with Crippen LogP contribution in [0.4, 0.5) is 10.5 Å². The van der Waals surface area contributed by atoms with Crippen LogP contribution in [0.5, 0.6) is 0 Å². The first kappa shape index (κ1) is 13.2. The lowest BCUT2D eigenvalue weighted by Crippen LogP contribution is -2.45. The van der Waals surface area contributed by atoms with Crippen molar-refractivity contribution in [2.24, 2.45) is 0 Å². The van der Waals surface area contributed by atoms with Crippen LogP contribution in [0.25, 0.3) is 5.70 Å². The Kier molecular flexibility index (Phi) is 3.49. The first-order chi connectivity index (χ1) is 9.70. The van der Waals surface area contributed by atoms with Gasteiger partial charge in [-0.25, -0.2) is 4.79 Å². The molecule has 1 aromatic rings. The molecule has 1 fully saturated rings. The highest BCUT2D eigenvalue weighted by atomic mass is 16.2. The number of nitrogens with zero attached hydrogens (tertiary/aromatic N) is 2. The van der Waals surface area contributed by atoms with E-state index < -0.39 is 0 Å². The summed E-state index contributed by atoms with van der Waals surface area (Å²) >= 11 is 0. The van der Waals surface area contributed by atoms with Gasteiger partial charge in [-0.2, -0.15) is 0 Å². The third-order valence-corrected chi connectivity index (χ3v) is 4.35. The third-order valence-electron chi connectivity index (χ3n) is 4.35. The van der Waals surface area contributed by atoms with Crippen molar-refractivity contribution in [3.8, 4) is 0 Å². The topological polar surface area (TPSA) is 35.6 Å². The van der Waals surface area contributed by atoms with E-state index in [1.807, 2.05) is 24.3 Å². The van der Waals surface area contributed by atoms with E-state index in [2.05, 4.69) is 23.7 Å². The average molecular weight is 271 g/mol. The molecule has 2 heterocycles. The molecule has 1 N–H and O–H groups in total. The molecule has 2 aliphatic heterocycles. The first-order valence-electron chi connectivity index (χ1n) is 7.31. The molecule has 0 aromatic heterocycles. The number of urea groups is 1. The lowest BCUT2D eigenvalue weighted by atomic mass is 10.1. The molecule has 1 atom stereocenters. The number of nitrogens with one attached hydrogen (secondary N) is 1. The summed E-state index contributed by atoms with van der Waals surface area (Å²) in [4.78, 5) is 16.5. The van der Waals surface area contributed by atoms with Crippen molar-refractivity contribution in [2.75, 3.05) is 25.0 Å². The maximum atomic E-state index is 12.3. The van der Waals surface area contributed by atoms with Crippen LogP contribution in [0.1, 0.15) is 25.3 Å². The van der Waals surface area contributed by atoms with Gasteiger partial charge in [-0.15, -0.1) is 0 Å². The number of fused-ring (bicyclic) bond motifs is 1. The second kappa shape index (κ2) is 5.29. The number of benzene rings is 1. The molecule has 0 saturated carbocycles. The van der Waals surface area contributed by atoms with Gasteiger partial charge in [-0.1, -0.05) is 31.7 Å². The van der Waals surface area contributed by atoms with Crippen molar-refractivity contribution in [1.29, 1.82) is 0 Å². The molecule has 1 aromatic carbocycles. The summed E-state index contributed by atoms with van der Waals surface area (Å²) in [5.41, 5.74) is 2.69. The van der Waals surface area contributed by atoms with Crippen molar-refractivity contribution in [3.63, 3.8) is 0 Å². The van der Waals surface area contributed by atoms with E-state index in [-0.39, 0.29) is 6.03 Å². The van der Waals surface area contributed by atoms with Gasteiger partial charge in [0, 0.05) is 23.8 Å². The number of carbonyl (C=O) groups excluding carboxylic acids is 1. The fraction of sp³-hybridized carbons (Fsp3) is 0.438. The molecule has 1 saturated heterocycles. The molecule has 106 valence electrons. The highest BCUT2D eigenvalue weighted by Crippen LogP contribution is 2.31. The Morgan fingerprint density at radius 2 is 2.20 bits per heavy atom. The largest absolute Gasteiger partial charge is 0.326 e. The van der Waals surface area contributed by atoms with Gasteiger partial charge >= 0.3 is 6.03 Å². The van der Waals surface area contributed by atoms with E-state index in [4.69, 9.17) is 0 Å². The summed E-state index contributed by atoms with van der Waals surface area (Å²) < 4.78 is 0. The lowest BCUT2D eigenvalue weighted by molar-refractivity contribution is 0.203. The number of likely N-dealkylation sites (N-methyl/N-ethyl adjacent to an activating group) is 1. The molecule has 0 bridgehead atoms. The van der Waals surface area contributed by atoms with Gasteiger partial charge in [-0.3, -0.25) is 9.80 Å². The number of rotatable bonds is 3. The molecule has 4 heteroatoms. The Morgan fingerprint density at radius 1 is 1.40 bits per heavy atom. The summed E-state index contributed by atoms with van der Waals surface area (Å²) in [6.45, 7) is 9.22. The van der Waals surface area contributed by atoms with E-state index in [9.17, 15) is 4.79 Å². The number of anilines is 1. The zero-order valence-corrected chi connectivity index (χ0v) is 11.9. The third kappa shape index (κ3) is 2.20. The zero-order chi connectivity index (χ0) is 14.1. The smallest absolute Gasteiger partial charge is 0.307 e. The zero-order valence-electron chi connectivity index (χ0n) is 11.9. The fourth-order valence-electron chi connectivity index (χ4n) is 3.22. The van der Waals surface area contributed by atoms with Gasteiger partial charge < -0.3 is 5.32 Å². The Balaban J connectivity index is 1.81. The molecular formula is C16H21N3O. The molecule has 0 spiro atoms. The molecule has 4 nitrogen and oxygen atoms in total. The number of hydrogen-bond acceptors (Lipinski definition) is 2. The van der Waals surface area contributed by atoms with Crippen LogP contribution in [0.2, 0.25) is 0 Å². The first-order valence-corrected chi connectivity index (χ1v) is 7.31. The minimum atomic E-state index is -0.0587. The maximum Gasteiger partial charge on any atom is 0.326 e. The van der Waals surface area contributed by atoms with Gasteiger partial charge in [-0.05, 0) is 32.0 Å². The lowest BCUT2D eigenvalue weighted by Gasteiger charge is -2.35. The van der Waals surface area contributed by atoms with Crippen molar-refractivity contribution in [3.05, 3.63) is 36.4 Å². The number of hydrogen-bond donors (Lipinski definition) is 1. The molecule has 20 heavy (non-hydrogen) atoms. The monoisotopic (exact) mass is 271 g/mol. The summed E-state index contributed by atoms with van der Waals surface area (Å²) in [7, 11) is 0. The number of para-hydroxylation sites is 1. The molecule has 2 amide bonds. The van der Waals surface area contributed by atoms with E-state index in [1.165, 1.54) is 6.42 Å². The molecule has 0 unspecified atom stereocenters. The number of amides is 2. The molecular weight excluding hydrogens is 250 g/mol. The Labute approximate surface area is 120 Å². The van der Waals surface area contributed by atoms with E-state index in [0.717, 1.165) is 43.0 Å². The quantitative estimate of drug-likeness (QED) is 0.917. The predicted molar refractivity (Wildman–Crippen MR) is 81.5 cm³/mol. The minimum absolute atomic E-state index is 0.0587. The van der Waals surface area contributed by atoms with Crippen molar-refractivity contribution >= 4 is 17.4 Å².